The zero-order valence-electron chi connectivity index (χ0n) is 17.3. The zero-order chi connectivity index (χ0) is 22.4. The third kappa shape index (κ3) is 3.11. The largest absolute Gasteiger partial charge is 0.467 e. The minimum absolute atomic E-state index is 0.0891. The Morgan fingerprint density at radius 2 is 2.16 bits per heavy atom. The van der Waals surface area contributed by atoms with Crippen molar-refractivity contribution in [3.63, 3.8) is 0 Å². The van der Waals surface area contributed by atoms with E-state index >= 15 is 0 Å². The summed E-state index contributed by atoms with van der Waals surface area (Å²) in [5.41, 5.74) is 8.56. The van der Waals surface area contributed by atoms with Crippen molar-refractivity contribution in [1.29, 1.82) is 5.26 Å². The van der Waals surface area contributed by atoms with Crippen LogP contribution in [0.1, 0.15) is 24.3 Å². The molecule has 2 bridgehead atoms. The van der Waals surface area contributed by atoms with Gasteiger partial charge in [0.05, 0.1) is 17.5 Å². The summed E-state index contributed by atoms with van der Waals surface area (Å²) in [5.74, 6) is 0.244. The Labute approximate surface area is 183 Å². The third-order valence-electron chi connectivity index (χ3n) is 5.41. The van der Waals surface area contributed by atoms with Crippen LogP contribution >= 0.6 is 0 Å². The minimum Gasteiger partial charge on any atom is -0.467 e. The average Bonchev–Trinajstić information content (AvgIpc) is 3.09. The second kappa shape index (κ2) is 7.39. The van der Waals surface area contributed by atoms with E-state index in [1.54, 1.807) is 20.0 Å². The molecular formula is C22H19FN8O. The van der Waals surface area contributed by atoms with Gasteiger partial charge in [0, 0.05) is 24.5 Å². The molecule has 2 aliphatic heterocycles. The minimum atomic E-state index is -0.587. The van der Waals surface area contributed by atoms with E-state index in [1.165, 1.54) is 23.0 Å². The van der Waals surface area contributed by atoms with E-state index in [4.69, 9.17) is 10.5 Å². The van der Waals surface area contributed by atoms with Crippen LogP contribution in [0.3, 0.4) is 0 Å². The van der Waals surface area contributed by atoms with Crippen molar-refractivity contribution in [3.8, 4) is 23.2 Å². The van der Waals surface area contributed by atoms with Crippen molar-refractivity contribution in [2.24, 2.45) is 7.05 Å². The summed E-state index contributed by atoms with van der Waals surface area (Å²) in [6.07, 6.45) is 8.13. The monoisotopic (exact) mass is 430 g/mol. The molecule has 4 heterocycles. The van der Waals surface area contributed by atoms with E-state index in [9.17, 15) is 9.65 Å². The summed E-state index contributed by atoms with van der Waals surface area (Å²) in [4.78, 5) is 10.7. The summed E-state index contributed by atoms with van der Waals surface area (Å²) in [5, 5.41) is 17.6. The Morgan fingerprint density at radius 3 is 2.97 bits per heavy atom. The van der Waals surface area contributed by atoms with Crippen molar-refractivity contribution in [2.45, 2.75) is 19.2 Å². The molecule has 3 aromatic rings. The number of halogens is 1. The molecule has 0 fully saturated rings. The molecule has 5 rings (SSSR count). The van der Waals surface area contributed by atoms with Gasteiger partial charge in [0.15, 0.2) is 11.6 Å². The van der Waals surface area contributed by atoms with Crippen molar-refractivity contribution >= 4 is 17.3 Å². The number of nitrogens with two attached hydrogens (primary N) is 1. The van der Waals surface area contributed by atoms with Crippen molar-refractivity contribution in [1.82, 2.24) is 19.7 Å². The molecule has 0 radical (unpaired) electrons. The first-order valence-electron chi connectivity index (χ1n) is 9.92. The van der Waals surface area contributed by atoms with Gasteiger partial charge in [-0.05, 0) is 37.3 Å². The summed E-state index contributed by atoms with van der Waals surface area (Å²) in [7, 11) is 1.68. The standard InChI is InChI=1S/C22H19FN8O/c1-12-14-9-13(23)6-7-16(14)31-8-4-3-5-18(31)28-21-19(17(10-24)30(2)29-21)15-11-26-20(25)22(27-15)32-12/h3-9,11-12,18H,1-2H3,(H2,25,26)(H,28,29). The maximum absolute atomic E-state index is 14.2. The van der Waals surface area contributed by atoms with Gasteiger partial charge >= 0.3 is 0 Å². The fourth-order valence-electron chi connectivity index (χ4n) is 3.89. The Kier molecular flexibility index (Phi) is 4.52. The maximum Gasteiger partial charge on any atom is 0.258 e. The number of aryl methyl sites for hydroxylation is 1. The molecule has 2 aromatic heterocycles. The molecule has 2 unspecified atom stereocenters. The van der Waals surface area contributed by atoms with Crippen LogP contribution in [-0.2, 0) is 7.05 Å². The number of benzene rings is 1. The van der Waals surface area contributed by atoms with Gasteiger partial charge in [-0.15, -0.1) is 0 Å². The van der Waals surface area contributed by atoms with Crippen LogP contribution in [-0.4, -0.2) is 25.9 Å². The van der Waals surface area contributed by atoms with Crippen molar-refractivity contribution in [3.05, 3.63) is 65.9 Å². The molecular weight excluding hydrogens is 411 g/mol. The van der Waals surface area contributed by atoms with Crippen LogP contribution in [0.2, 0.25) is 0 Å². The highest BCUT2D eigenvalue weighted by Crippen LogP contribution is 2.37. The fraction of sp³-hybridized carbons (Fsp3) is 0.182. The molecule has 0 spiro atoms. The summed E-state index contributed by atoms with van der Waals surface area (Å²) >= 11 is 0. The van der Waals surface area contributed by atoms with Gasteiger partial charge in [-0.25, -0.2) is 14.4 Å². The molecule has 0 aliphatic carbocycles. The van der Waals surface area contributed by atoms with Crippen LogP contribution < -0.4 is 20.7 Å². The van der Waals surface area contributed by atoms with E-state index in [0.717, 1.165) is 5.69 Å². The highest BCUT2D eigenvalue weighted by atomic mass is 19.1. The number of aromatic nitrogens is 4. The first-order valence-corrected chi connectivity index (χ1v) is 9.92. The van der Waals surface area contributed by atoms with E-state index < -0.39 is 6.10 Å². The van der Waals surface area contributed by atoms with Crippen LogP contribution in [0, 0.1) is 17.1 Å². The molecule has 10 heteroatoms. The van der Waals surface area contributed by atoms with E-state index in [-0.39, 0.29) is 23.7 Å². The molecule has 0 saturated heterocycles. The van der Waals surface area contributed by atoms with E-state index in [2.05, 4.69) is 26.5 Å². The summed E-state index contributed by atoms with van der Waals surface area (Å²) in [6, 6.07) is 6.70. The Balaban J connectivity index is 1.78. The van der Waals surface area contributed by atoms with Gasteiger partial charge in [-0.2, -0.15) is 10.4 Å². The van der Waals surface area contributed by atoms with Crippen LogP contribution in [0.25, 0.3) is 11.3 Å². The molecule has 2 atom stereocenters. The second-order valence-corrected chi connectivity index (χ2v) is 7.44. The van der Waals surface area contributed by atoms with E-state index in [1.807, 2.05) is 29.3 Å². The van der Waals surface area contributed by atoms with Crippen LogP contribution in [0.15, 0.2) is 48.8 Å². The van der Waals surface area contributed by atoms with Crippen molar-refractivity contribution in [2.75, 3.05) is 16.0 Å². The molecule has 3 N–H and O–H groups in total. The summed E-state index contributed by atoms with van der Waals surface area (Å²) in [6.45, 7) is 1.79. The first kappa shape index (κ1) is 19.6. The normalized spacial score (nSPS) is 18.8. The second-order valence-electron chi connectivity index (χ2n) is 7.44. The van der Waals surface area contributed by atoms with Crippen molar-refractivity contribution < 1.29 is 9.13 Å². The maximum atomic E-state index is 14.2. The molecule has 0 amide bonds. The van der Waals surface area contributed by atoms with Gasteiger partial charge < -0.3 is 20.7 Å². The number of nitrogens with one attached hydrogen (secondary N) is 1. The molecule has 0 saturated carbocycles. The zero-order valence-corrected chi connectivity index (χ0v) is 17.3. The SMILES string of the molecule is CC1Oc2nc(cnc2N)-c2c(nn(C)c2C#N)NC2C=CC=CN2c2ccc(F)cc21. The predicted molar refractivity (Wildman–Crippen MR) is 117 cm³/mol. The molecule has 160 valence electrons. The lowest BCUT2D eigenvalue weighted by Gasteiger charge is -2.34. The highest BCUT2D eigenvalue weighted by Gasteiger charge is 2.28. The lowest BCUT2D eigenvalue weighted by atomic mass is 10.1. The number of nitriles is 1. The fourth-order valence-corrected chi connectivity index (χ4v) is 3.89. The van der Waals surface area contributed by atoms with Gasteiger partial charge in [-0.3, -0.25) is 4.68 Å². The smallest absolute Gasteiger partial charge is 0.258 e. The van der Waals surface area contributed by atoms with Gasteiger partial charge in [0.25, 0.3) is 5.88 Å². The number of nitrogen functional groups attached to an aromatic ring is 1. The Bertz CT molecular complexity index is 1320. The summed E-state index contributed by atoms with van der Waals surface area (Å²) < 4.78 is 21.7. The Hall–Kier alpha value is -4.39. The van der Waals surface area contributed by atoms with Gasteiger partial charge in [-0.1, -0.05) is 6.08 Å². The number of hydrogen-bond acceptors (Lipinski definition) is 8. The lowest BCUT2D eigenvalue weighted by Crippen LogP contribution is -2.38. The first-order chi connectivity index (χ1) is 15.5. The average molecular weight is 430 g/mol. The van der Waals surface area contributed by atoms with Crippen LogP contribution in [0.4, 0.5) is 21.7 Å². The Morgan fingerprint density at radius 1 is 1.31 bits per heavy atom. The quantitative estimate of drug-likeness (QED) is 0.558. The van der Waals surface area contributed by atoms with Gasteiger partial charge in [0.2, 0.25) is 0 Å². The number of rotatable bonds is 0. The lowest BCUT2D eigenvalue weighted by molar-refractivity contribution is 0.218. The number of nitrogens with zero attached hydrogens (tertiary/aromatic N) is 6. The molecule has 2 aliphatic rings. The van der Waals surface area contributed by atoms with Gasteiger partial charge in [0.1, 0.15) is 29.9 Å². The number of allylic oxidation sites excluding steroid dienone is 2. The molecule has 1 aromatic carbocycles. The topological polar surface area (TPSA) is 118 Å². The number of hydrogen-bond donors (Lipinski definition) is 2. The number of anilines is 3. The van der Waals surface area contributed by atoms with E-state index in [0.29, 0.717) is 28.3 Å². The number of ether oxygens (including phenoxy) is 1. The molecule has 9 nitrogen and oxygen atoms in total. The van der Waals surface area contributed by atoms with Crippen LogP contribution in [0.5, 0.6) is 5.88 Å². The third-order valence-corrected chi connectivity index (χ3v) is 5.41. The molecule has 32 heavy (non-hydrogen) atoms. The number of fused-ring (bicyclic) bond motifs is 7. The highest BCUT2D eigenvalue weighted by molar-refractivity contribution is 5.79. The predicted octanol–water partition coefficient (Wildman–Crippen LogP) is 3.25.